The van der Waals surface area contributed by atoms with E-state index in [4.69, 9.17) is 4.74 Å². The summed E-state index contributed by atoms with van der Waals surface area (Å²) in [5, 5.41) is 6.43. The molecule has 4 heteroatoms. The molecule has 2 heterocycles. The van der Waals surface area contributed by atoms with E-state index in [0.717, 1.165) is 5.56 Å². The molecule has 0 unspecified atom stereocenters. The zero-order valence-electron chi connectivity index (χ0n) is 7.50. The van der Waals surface area contributed by atoms with Crippen molar-refractivity contribution < 1.29 is 9.53 Å². The van der Waals surface area contributed by atoms with Gasteiger partial charge in [0.15, 0.2) is 5.60 Å². The Bertz CT molecular complexity index is 363. The molecule has 1 aliphatic heterocycles. The van der Waals surface area contributed by atoms with Crippen LogP contribution in [0.5, 0.6) is 0 Å². The minimum atomic E-state index is -0.730. The van der Waals surface area contributed by atoms with Crippen molar-refractivity contribution >= 4 is 11.4 Å². The van der Waals surface area contributed by atoms with Gasteiger partial charge in [0.25, 0.3) is 0 Å². The van der Waals surface area contributed by atoms with Crippen LogP contribution in [0.3, 0.4) is 0 Å². The number of rotatable bonds is 1. The summed E-state index contributed by atoms with van der Waals surface area (Å²) in [6.45, 7) is 3.50. The zero-order chi connectivity index (χ0) is 9.47. The van der Waals surface area contributed by atoms with Gasteiger partial charge in [-0.3, -0.25) is 9.89 Å². The van der Waals surface area contributed by atoms with Crippen molar-refractivity contribution in [1.82, 2.24) is 10.2 Å². The van der Waals surface area contributed by atoms with Crippen molar-refractivity contribution in [1.29, 1.82) is 0 Å². The Morgan fingerprint density at radius 2 is 2.31 bits per heavy atom. The van der Waals surface area contributed by atoms with Crippen LogP contribution in [0.15, 0.2) is 18.7 Å². The summed E-state index contributed by atoms with van der Waals surface area (Å²) >= 11 is 0. The number of carbonyl (C=O) groups excluding carboxylic acids is 1. The second-order valence-corrected chi connectivity index (χ2v) is 3.48. The summed E-state index contributed by atoms with van der Waals surface area (Å²) in [7, 11) is 0. The fourth-order valence-electron chi connectivity index (χ4n) is 1.23. The molecule has 1 N–H and O–H groups in total. The standard InChI is InChI=1S/C9H10N2O2/c1-9(2)8(12)7(5-13-9)6-3-10-11-4-6/h3-5H,1-2H3,(H,10,11). The molecule has 4 nitrogen and oxygen atoms in total. The number of ketones is 1. The first-order valence-electron chi connectivity index (χ1n) is 4.03. The SMILES string of the molecule is CC1(C)OC=C(c2cn[nH]c2)C1=O. The fraction of sp³-hybridized carbons (Fsp3) is 0.333. The molecule has 0 spiro atoms. The third kappa shape index (κ3) is 1.14. The molecule has 13 heavy (non-hydrogen) atoms. The monoisotopic (exact) mass is 178 g/mol. The van der Waals surface area contributed by atoms with E-state index in [9.17, 15) is 4.79 Å². The van der Waals surface area contributed by atoms with E-state index < -0.39 is 5.60 Å². The molecule has 0 aromatic carbocycles. The van der Waals surface area contributed by atoms with Gasteiger partial charge in [-0.25, -0.2) is 0 Å². The van der Waals surface area contributed by atoms with Crippen LogP contribution in [0.25, 0.3) is 5.57 Å². The molecule has 2 rings (SSSR count). The molecule has 0 fully saturated rings. The van der Waals surface area contributed by atoms with Crippen molar-refractivity contribution in [2.24, 2.45) is 0 Å². The Morgan fingerprint density at radius 3 is 2.77 bits per heavy atom. The van der Waals surface area contributed by atoms with E-state index in [1.165, 1.54) is 6.26 Å². The first-order chi connectivity index (χ1) is 6.11. The van der Waals surface area contributed by atoms with E-state index in [-0.39, 0.29) is 5.78 Å². The van der Waals surface area contributed by atoms with Crippen LogP contribution < -0.4 is 0 Å². The second-order valence-electron chi connectivity index (χ2n) is 3.48. The van der Waals surface area contributed by atoms with Gasteiger partial charge in [0.1, 0.15) is 0 Å². The Balaban J connectivity index is 2.35. The lowest BCUT2D eigenvalue weighted by Crippen LogP contribution is -2.28. The van der Waals surface area contributed by atoms with Crippen molar-refractivity contribution in [3.8, 4) is 0 Å². The highest BCUT2D eigenvalue weighted by atomic mass is 16.5. The largest absolute Gasteiger partial charge is 0.487 e. The van der Waals surface area contributed by atoms with E-state index >= 15 is 0 Å². The lowest BCUT2D eigenvalue weighted by atomic mass is 9.97. The maximum atomic E-state index is 11.7. The molecule has 1 aliphatic rings. The number of nitrogens with one attached hydrogen (secondary N) is 1. The molecule has 0 saturated heterocycles. The summed E-state index contributed by atoms with van der Waals surface area (Å²) in [6, 6.07) is 0. The third-order valence-electron chi connectivity index (χ3n) is 2.07. The number of H-pyrrole nitrogens is 1. The Labute approximate surface area is 75.6 Å². The van der Waals surface area contributed by atoms with Gasteiger partial charge in [-0.05, 0) is 13.8 Å². The molecule has 1 aromatic heterocycles. The van der Waals surface area contributed by atoms with Gasteiger partial charge in [0.05, 0.1) is 18.0 Å². The van der Waals surface area contributed by atoms with Gasteiger partial charge >= 0.3 is 0 Å². The average Bonchev–Trinajstić information content (AvgIpc) is 2.63. The van der Waals surface area contributed by atoms with Gasteiger partial charge in [0, 0.05) is 11.8 Å². The van der Waals surface area contributed by atoms with Crippen molar-refractivity contribution in [3.05, 3.63) is 24.2 Å². The molecule has 68 valence electrons. The van der Waals surface area contributed by atoms with Crippen LogP contribution in [0.1, 0.15) is 19.4 Å². The predicted molar refractivity (Wildman–Crippen MR) is 46.7 cm³/mol. The molecule has 0 atom stereocenters. The summed E-state index contributed by atoms with van der Waals surface area (Å²) in [5.74, 6) is -0.00565. The molecule has 0 aliphatic carbocycles. The normalized spacial score (nSPS) is 19.8. The fourth-order valence-corrected chi connectivity index (χ4v) is 1.23. The summed E-state index contributed by atoms with van der Waals surface area (Å²) < 4.78 is 5.24. The van der Waals surface area contributed by atoms with Gasteiger partial charge in [-0.15, -0.1) is 0 Å². The quantitative estimate of drug-likeness (QED) is 0.701. The Morgan fingerprint density at radius 1 is 1.54 bits per heavy atom. The number of carbonyl (C=O) groups is 1. The summed E-state index contributed by atoms with van der Waals surface area (Å²) in [5.41, 5.74) is 0.626. The second kappa shape index (κ2) is 2.45. The molecule has 0 amide bonds. The maximum absolute atomic E-state index is 11.7. The summed E-state index contributed by atoms with van der Waals surface area (Å²) in [6.07, 6.45) is 4.77. The molecule has 0 bridgehead atoms. The van der Waals surface area contributed by atoms with Crippen LogP contribution in [-0.2, 0) is 9.53 Å². The average molecular weight is 178 g/mol. The van der Waals surface area contributed by atoms with Gasteiger partial charge in [0.2, 0.25) is 5.78 Å². The van der Waals surface area contributed by atoms with E-state index in [1.54, 1.807) is 26.2 Å². The van der Waals surface area contributed by atoms with Gasteiger partial charge < -0.3 is 4.74 Å². The van der Waals surface area contributed by atoms with Crippen molar-refractivity contribution in [2.75, 3.05) is 0 Å². The number of Topliss-reactive ketones (excluding diaryl/α,β-unsaturated/α-hetero) is 1. The van der Waals surface area contributed by atoms with E-state index in [2.05, 4.69) is 10.2 Å². The van der Waals surface area contributed by atoms with E-state index in [0.29, 0.717) is 5.57 Å². The lowest BCUT2D eigenvalue weighted by Gasteiger charge is -2.14. The Hall–Kier alpha value is -1.58. The highest BCUT2D eigenvalue weighted by Gasteiger charge is 2.37. The number of aromatic amines is 1. The third-order valence-corrected chi connectivity index (χ3v) is 2.07. The van der Waals surface area contributed by atoms with Crippen LogP contribution in [0.4, 0.5) is 0 Å². The minimum Gasteiger partial charge on any atom is -0.487 e. The number of aromatic nitrogens is 2. The number of hydrogen-bond donors (Lipinski definition) is 1. The highest BCUT2D eigenvalue weighted by molar-refractivity contribution is 6.25. The van der Waals surface area contributed by atoms with Crippen LogP contribution in [0.2, 0.25) is 0 Å². The number of nitrogens with zero attached hydrogens (tertiary/aromatic N) is 1. The molecular weight excluding hydrogens is 168 g/mol. The van der Waals surface area contributed by atoms with Crippen LogP contribution >= 0.6 is 0 Å². The molecule has 0 radical (unpaired) electrons. The summed E-state index contributed by atoms with van der Waals surface area (Å²) in [4.78, 5) is 11.7. The van der Waals surface area contributed by atoms with Crippen LogP contribution in [-0.4, -0.2) is 21.6 Å². The zero-order valence-corrected chi connectivity index (χ0v) is 7.50. The van der Waals surface area contributed by atoms with Gasteiger partial charge in [-0.1, -0.05) is 0 Å². The van der Waals surface area contributed by atoms with Crippen molar-refractivity contribution in [2.45, 2.75) is 19.4 Å². The topological polar surface area (TPSA) is 55.0 Å². The highest BCUT2D eigenvalue weighted by Crippen LogP contribution is 2.29. The Kier molecular flexibility index (Phi) is 1.52. The first-order valence-corrected chi connectivity index (χ1v) is 4.03. The first kappa shape index (κ1) is 8.04. The van der Waals surface area contributed by atoms with Crippen LogP contribution in [0, 0.1) is 0 Å². The molecule has 1 aromatic rings. The molecular formula is C9H10N2O2. The van der Waals surface area contributed by atoms with E-state index in [1.807, 2.05) is 0 Å². The lowest BCUT2D eigenvalue weighted by molar-refractivity contribution is -0.125. The molecule has 0 saturated carbocycles. The maximum Gasteiger partial charge on any atom is 0.209 e. The van der Waals surface area contributed by atoms with Crippen molar-refractivity contribution in [3.63, 3.8) is 0 Å². The minimum absolute atomic E-state index is 0.00565. The van der Waals surface area contributed by atoms with Gasteiger partial charge in [-0.2, -0.15) is 5.10 Å². The predicted octanol–water partition coefficient (Wildman–Crippen LogP) is 1.13. The number of ether oxygens (including phenoxy) is 1. The smallest absolute Gasteiger partial charge is 0.209 e. The number of hydrogen-bond acceptors (Lipinski definition) is 3.